The smallest absolute Gasteiger partial charge is 0.140 e. The molecule has 2 aromatic heterocycles. The Bertz CT molecular complexity index is 527. The fourth-order valence-corrected chi connectivity index (χ4v) is 3.19. The first-order chi connectivity index (χ1) is 8.13. The van der Waals surface area contributed by atoms with Crippen molar-refractivity contribution in [1.29, 1.82) is 0 Å². The van der Waals surface area contributed by atoms with Crippen LogP contribution in [0.3, 0.4) is 0 Å². The van der Waals surface area contributed by atoms with Gasteiger partial charge in [0.2, 0.25) is 0 Å². The fourth-order valence-electron chi connectivity index (χ4n) is 1.54. The molecule has 90 valence electrons. The molecule has 2 heterocycles. The minimum absolute atomic E-state index is 0.0955. The lowest BCUT2D eigenvalue weighted by atomic mass is 10.1. The lowest BCUT2D eigenvalue weighted by Crippen LogP contribution is -2.19. The maximum absolute atomic E-state index is 5.48. The van der Waals surface area contributed by atoms with E-state index in [0.29, 0.717) is 0 Å². The summed E-state index contributed by atoms with van der Waals surface area (Å²) < 4.78 is 8.26. The highest BCUT2D eigenvalue weighted by Gasteiger charge is 2.21. The second-order valence-corrected chi connectivity index (χ2v) is 6.00. The minimum atomic E-state index is -0.0955. The van der Waals surface area contributed by atoms with Crippen LogP contribution >= 0.6 is 47.8 Å². The summed E-state index contributed by atoms with van der Waals surface area (Å²) in [6.45, 7) is 0. The molecule has 17 heavy (non-hydrogen) atoms. The van der Waals surface area contributed by atoms with Gasteiger partial charge in [0.1, 0.15) is 11.8 Å². The van der Waals surface area contributed by atoms with Crippen molar-refractivity contribution in [2.75, 3.05) is 7.05 Å². The highest BCUT2D eigenvalue weighted by molar-refractivity contribution is 9.11. The molecule has 1 atom stereocenters. The summed E-state index contributed by atoms with van der Waals surface area (Å²) in [5.74, 6) is 0.808. The Kier molecular flexibility index (Phi) is 4.41. The molecule has 6 heteroatoms. The molecular formula is C11H9Br3N2O. The average Bonchev–Trinajstić information content (AvgIpc) is 2.69. The van der Waals surface area contributed by atoms with Crippen molar-refractivity contribution in [3.8, 4) is 0 Å². The van der Waals surface area contributed by atoms with Gasteiger partial charge in [-0.3, -0.25) is 4.98 Å². The van der Waals surface area contributed by atoms with E-state index in [2.05, 4.69) is 58.1 Å². The Labute approximate surface area is 124 Å². The Balaban J connectivity index is 2.46. The van der Waals surface area contributed by atoms with Crippen LogP contribution < -0.4 is 5.32 Å². The molecule has 0 saturated carbocycles. The molecule has 2 rings (SSSR count). The van der Waals surface area contributed by atoms with Crippen molar-refractivity contribution in [3.05, 3.63) is 49.5 Å². The van der Waals surface area contributed by atoms with Gasteiger partial charge >= 0.3 is 0 Å². The second-order valence-electron chi connectivity index (χ2n) is 3.38. The zero-order valence-electron chi connectivity index (χ0n) is 8.88. The molecule has 1 unspecified atom stereocenters. The normalized spacial score (nSPS) is 12.7. The highest BCUT2D eigenvalue weighted by Crippen LogP contribution is 2.32. The third kappa shape index (κ3) is 2.81. The molecule has 0 saturated heterocycles. The van der Waals surface area contributed by atoms with Crippen molar-refractivity contribution in [2.45, 2.75) is 6.04 Å². The van der Waals surface area contributed by atoms with Gasteiger partial charge in [-0.2, -0.15) is 0 Å². The Morgan fingerprint density at radius 1 is 1.29 bits per heavy atom. The van der Waals surface area contributed by atoms with Gasteiger partial charge in [-0.25, -0.2) is 0 Å². The first-order valence-corrected chi connectivity index (χ1v) is 7.22. The molecule has 2 aromatic rings. The van der Waals surface area contributed by atoms with E-state index in [9.17, 15) is 0 Å². The van der Waals surface area contributed by atoms with E-state index < -0.39 is 0 Å². The van der Waals surface area contributed by atoms with E-state index in [1.807, 2.05) is 19.2 Å². The number of rotatable bonds is 3. The minimum Gasteiger partial charge on any atom is -0.466 e. The van der Waals surface area contributed by atoms with E-state index in [1.54, 1.807) is 12.5 Å². The van der Waals surface area contributed by atoms with Crippen molar-refractivity contribution in [2.24, 2.45) is 0 Å². The Morgan fingerprint density at radius 3 is 2.59 bits per heavy atom. The number of nitrogens with zero attached hydrogens (tertiary/aromatic N) is 1. The molecule has 1 N–H and O–H groups in total. The van der Waals surface area contributed by atoms with Crippen molar-refractivity contribution >= 4 is 47.8 Å². The lowest BCUT2D eigenvalue weighted by Gasteiger charge is -2.15. The number of aromatic nitrogens is 1. The predicted molar refractivity (Wildman–Crippen MR) is 76.9 cm³/mol. The maximum Gasteiger partial charge on any atom is 0.140 e. The SMILES string of the molecule is CNC(c1ncc(Br)cc1Br)c1occc1Br. The zero-order valence-corrected chi connectivity index (χ0v) is 13.6. The molecule has 0 aromatic carbocycles. The molecule has 0 aliphatic heterocycles. The van der Waals surface area contributed by atoms with Crippen molar-refractivity contribution in [1.82, 2.24) is 10.3 Å². The van der Waals surface area contributed by atoms with E-state index in [4.69, 9.17) is 4.42 Å². The van der Waals surface area contributed by atoms with E-state index >= 15 is 0 Å². The first-order valence-electron chi connectivity index (χ1n) is 4.84. The van der Waals surface area contributed by atoms with Crippen molar-refractivity contribution < 1.29 is 4.42 Å². The van der Waals surface area contributed by atoms with Crippen LogP contribution in [0.4, 0.5) is 0 Å². The first kappa shape index (κ1) is 13.3. The van der Waals surface area contributed by atoms with E-state index in [0.717, 1.165) is 24.9 Å². The lowest BCUT2D eigenvalue weighted by molar-refractivity contribution is 0.455. The summed E-state index contributed by atoms with van der Waals surface area (Å²) in [5.41, 5.74) is 0.881. The summed E-state index contributed by atoms with van der Waals surface area (Å²) >= 11 is 10.4. The quantitative estimate of drug-likeness (QED) is 0.799. The second kappa shape index (κ2) is 5.65. The van der Waals surface area contributed by atoms with Crippen LogP contribution in [-0.2, 0) is 0 Å². The van der Waals surface area contributed by atoms with Gasteiger partial charge in [-0.1, -0.05) is 0 Å². The average molecular weight is 425 g/mol. The number of pyridine rings is 1. The van der Waals surface area contributed by atoms with Crippen LogP contribution in [0, 0.1) is 0 Å². The van der Waals surface area contributed by atoms with E-state index in [1.165, 1.54) is 0 Å². The number of hydrogen-bond donors (Lipinski definition) is 1. The standard InChI is InChI=1S/C11H9Br3N2O/c1-15-10(11-7(13)2-3-17-11)9-8(14)4-6(12)5-16-9/h2-5,10,15H,1H3. The molecular weight excluding hydrogens is 416 g/mol. The van der Waals surface area contributed by atoms with Gasteiger partial charge < -0.3 is 9.73 Å². The van der Waals surface area contributed by atoms with Crippen LogP contribution in [0.1, 0.15) is 17.5 Å². The van der Waals surface area contributed by atoms with Crippen LogP contribution in [0.5, 0.6) is 0 Å². The number of furan rings is 1. The molecule has 0 bridgehead atoms. The molecule has 0 fully saturated rings. The molecule has 0 spiro atoms. The molecule has 3 nitrogen and oxygen atoms in total. The third-order valence-electron chi connectivity index (χ3n) is 2.31. The van der Waals surface area contributed by atoms with Gasteiger partial charge in [0.15, 0.2) is 0 Å². The summed E-state index contributed by atoms with van der Waals surface area (Å²) in [6, 6.07) is 3.73. The van der Waals surface area contributed by atoms with Gasteiger partial charge in [0, 0.05) is 15.1 Å². The Morgan fingerprint density at radius 2 is 2.06 bits per heavy atom. The van der Waals surface area contributed by atoms with Gasteiger partial charge in [-0.15, -0.1) is 0 Å². The zero-order chi connectivity index (χ0) is 12.4. The summed E-state index contributed by atoms with van der Waals surface area (Å²) in [7, 11) is 1.87. The van der Waals surface area contributed by atoms with Crippen molar-refractivity contribution in [3.63, 3.8) is 0 Å². The Hall–Kier alpha value is -0.170. The fraction of sp³-hybridized carbons (Fsp3) is 0.182. The number of hydrogen-bond acceptors (Lipinski definition) is 3. The number of halogens is 3. The number of nitrogens with one attached hydrogen (secondary N) is 1. The molecule has 0 aliphatic carbocycles. The monoisotopic (exact) mass is 422 g/mol. The van der Waals surface area contributed by atoms with Crippen LogP contribution in [0.25, 0.3) is 0 Å². The topological polar surface area (TPSA) is 38.1 Å². The summed E-state index contributed by atoms with van der Waals surface area (Å²) in [4.78, 5) is 4.41. The molecule has 0 radical (unpaired) electrons. The van der Waals surface area contributed by atoms with Gasteiger partial charge in [0.05, 0.1) is 16.4 Å². The summed E-state index contributed by atoms with van der Waals surface area (Å²) in [6.07, 6.45) is 3.41. The summed E-state index contributed by atoms with van der Waals surface area (Å²) in [5, 5.41) is 3.19. The van der Waals surface area contributed by atoms with E-state index in [-0.39, 0.29) is 6.04 Å². The largest absolute Gasteiger partial charge is 0.466 e. The van der Waals surface area contributed by atoms with Crippen LogP contribution in [0.2, 0.25) is 0 Å². The molecule has 0 aliphatic rings. The highest BCUT2D eigenvalue weighted by atomic mass is 79.9. The van der Waals surface area contributed by atoms with Gasteiger partial charge in [-0.05, 0) is 67.0 Å². The van der Waals surface area contributed by atoms with Crippen LogP contribution in [0.15, 0.2) is 42.4 Å². The van der Waals surface area contributed by atoms with Gasteiger partial charge in [0.25, 0.3) is 0 Å². The maximum atomic E-state index is 5.48. The molecule has 0 amide bonds. The van der Waals surface area contributed by atoms with Crippen LogP contribution in [-0.4, -0.2) is 12.0 Å². The predicted octanol–water partition coefficient (Wildman–Crippen LogP) is 4.27. The third-order valence-corrected chi connectivity index (χ3v) is 4.03.